The van der Waals surface area contributed by atoms with Crippen LogP contribution < -0.4 is 0 Å². The standard InChI is InChI=1S/C21H33Cl2NO/c22-18-9-7-15(12-19(18)23)21(25)13-24-11-3-6-17-16-5-2-1-4-14(16)8-10-20(17)24/h14-20H,1-13H2. The van der Waals surface area contributed by atoms with Gasteiger partial charge in [0, 0.05) is 17.3 Å². The van der Waals surface area contributed by atoms with Crippen molar-refractivity contribution in [1.82, 2.24) is 4.90 Å². The van der Waals surface area contributed by atoms with Gasteiger partial charge in [-0.15, -0.1) is 23.2 Å². The first-order valence-electron chi connectivity index (χ1n) is 10.7. The van der Waals surface area contributed by atoms with E-state index in [1.165, 1.54) is 51.4 Å². The van der Waals surface area contributed by atoms with Crippen molar-refractivity contribution in [2.75, 3.05) is 13.1 Å². The van der Waals surface area contributed by atoms with Crippen LogP contribution in [-0.2, 0) is 4.79 Å². The van der Waals surface area contributed by atoms with Gasteiger partial charge in [0.1, 0.15) is 5.78 Å². The van der Waals surface area contributed by atoms with Crippen LogP contribution in [0.5, 0.6) is 0 Å². The van der Waals surface area contributed by atoms with E-state index in [1.54, 1.807) is 0 Å². The highest BCUT2D eigenvalue weighted by molar-refractivity contribution is 6.30. The molecule has 4 heteroatoms. The molecule has 1 saturated heterocycles. The van der Waals surface area contributed by atoms with Crippen LogP contribution in [0.1, 0.15) is 70.6 Å². The lowest BCUT2D eigenvalue weighted by atomic mass is 9.61. The van der Waals surface area contributed by atoms with Gasteiger partial charge in [-0.2, -0.15) is 0 Å². The van der Waals surface area contributed by atoms with Crippen molar-refractivity contribution in [2.24, 2.45) is 23.7 Å². The molecule has 0 radical (unpaired) electrons. The molecule has 1 heterocycles. The quantitative estimate of drug-likeness (QED) is 0.618. The van der Waals surface area contributed by atoms with Gasteiger partial charge in [0.2, 0.25) is 0 Å². The number of fused-ring (bicyclic) bond motifs is 3. The minimum absolute atomic E-state index is 0.0313. The summed E-state index contributed by atoms with van der Waals surface area (Å²) in [4.78, 5) is 15.5. The largest absolute Gasteiger partial charge is 0.298 e. The molecule has 4 aliphatic rings. The first-order chi connectivity index (χ1) is 12.1. The third kappa shape index (κ3) is 3.92. The van der Waals surface area contributed by atoms with Crippen LogP contribution in [0, 0.1) is 23.7 Å². The molecule has 0 spiro atoms. The number of carbonyl (C=O) groups excluding carboxylic acids is 1. The SMILES string of the molecule is O=C(CN1CCCC2C3CCCCC3CCC21)C1CCC(Cl)C(Cl)C1. The van der Waals surface area contributed by atoms with E-state index in [-0.39, 0.29) is 16.7 Å². The maximum Gasteiger partial charge on any atom is 0.149 e. The lowest BCUT2D eigenvalue weighted by Gasteiger charge is -2.52. The number of alkyl halides is 2. The normalized spacial score (nSPS) is 45.4. The molecule has 4 rings (SSSR count). The number of hydrogen-bond donors (Lipinski definition) is 0. The number of piperidine rings is 1. The fourth-order valence-electron chi connectivity index (χ4n) is 6.49. The zero-order valence-electron chi connectivity index (χ0n) is 15.3. The van der Waals surface area contributed by atoms with Gasteiger partial charge in [0.25, 0.3) is 0 Å². The van der Waals surface area contributed by atoms with Gasteiger partial charge in [-0.25, -0.2) is 0 Å². The smallest absolute Gasteiger partial charge is 0.149 e. The summed E-state index contributed by atoms with van der Waals surface area (Å²) in [5, 5.41) is 0.0165. The van der Waals surface area contributed by atoms with Crippen molar-refractivity contribution >= 4 is 29.0 Å². The maximum absolute atomic E-state index is 12.9. The average Bonchev–Trinajstić information content (AvgIpc) is 2.64. The van der Waals surface area contributed by atoms with Crippen LogP contribution in [-0.4, -0.2) is 40.6 Å². The van der Waals surface area contributed by atoms with Crippen LogP contribution >= 0.6 is 23.2 Å². The molecular weight excluding hydrogens is 353 g/mol. The number of Topliss-reactive ketones (excluding diaryl/α,β-unsaturated/α-hetero) is 1. The molecule has 0 N–H and O–H groups in total. The van der Waals surface area contributed by atoms with Gasteiger partial charge in [-0.1, -0.05) is 19.3 Å². The predicted octanol–water partition coefficient (Wildman–Crippen LogP) is 5.25. The summed E-state index contributed by atoms with van der Waals surface area (Å²) in [5.41, 5.74) is 0. The third-order valence-electron chi connectivity index (χ3n) is 7.80. The summed E-state index contributed by atoms with van der Waals surface area (Å²) in [6, 6.07) is 0.674. The second-order valence-corrected chi connectivity index (χ2v) is 10.3. The predicted molar refractivity (Wildman–Crippen MR) is 104 cm³/mol. The van der Waals surface area contributed by atoms with Crippen molar-refractivity contribution in [3.63, 3.8) is 0 Å². The summed E-state index contributed by atoms with van der Waals surface area (Å²) in [5.74, 6) is 3.37. The van der Waals surface area contributed by atoms with Gasteiger partial charge in [0.05, 0.1) is 11.9 Å². The van der Waals surface area contributed by atoms with Crippen molar-refractivity contribution in [2.45, 2.75) is 87.4 Å². The maximum atomic E-state index is 12.9. The number of carbonyl (C=O) groups is 1. The number of nitrogens with zero attached hydrogens (tertiary/aromatic N) is 1. The minimum atomic E-state index is -0.0313. The van der Waals surface area contributed by atoms with E-state index in [2.05, 4.69) is 4.90 Å². The molecular formula is C21H33Cl2NO. The summed E-state index contributed by atoms with van der Waals surface area (Å²) in [6.45, 7) is 1.79. The first-order valence-corrected chi connectivity index (χ1v) is 11.6. The fraction of sp³-hybridized carbons (Fsp3) is 0.952. The third-order valence-corrected chi connectivity index (χ3v) is 8.94. The fourth-order valence-corrected chi connectivity index (χ4v) is 7.06. The number of hydrogen-bond acceptors (Lipinski definition) is 2. The van der Waals surface area contributed by atoms with Crippen LogP contribution in [0.3, 0.4) is 0 Å². The highest BCUT2D eigenvalue weighted by Gasteiger charge is 2.44. The molecule has 142 valence electrons. The highest BCUT2D eigenvalue weighted by Crippen LogP contribution is 2.48. The molecule has 1 aliphatic heterocycles. The Hall–Kier alpha value is 0.210. The highest BCUT2D eigenvalue weighted by atomic mass is 35.5. The van der Waals surface area contributed by atoms with Gasteiger partial charge in [-0.05, 0) is 75.7 Å². The zero-order valence-corrected chi connectivity index (χ0v) is 16.9. The first kappa shape index (κ1) is 18.6. The monoisotopic (exact) mass is 385 g/mol. The van der Waals surface area contributed by atoms with Crippen molar-refractivity contribution in [3.05, 3.63) is 0 Å². The Balaban J connectivity index is 1.38. The summed E-state index contributed by atoms with van der Waals surface area (Å²) in [7, 11) is 0. The molecule has 0 aromatic rings. The van der Waals surface area contributed by atoms with E-state index in [0.717, 1.165) is 43.6 Å². The lowest BCUT2D eigenvalue weighted by Crippen LogP contribution is -2.54. The Morgan fingerprint density at radius 3 is 2.48 bits per heavy atom. The summed E-state index contributed by atoms with van der Waals surface area (Å²) < 4.78 is 0. The molecule has 0 aromatic heterocycles. The molecule has 3 saturated carbocycles. The average molecular weight is 386 g/mol. The Kier molecular flexibility index (Phi) is 5.99. The van der Waals surface area contributed by atoms with E-state index in [4.69, 9.17) is 23.2 Å². The van der Waals surface area contributed by atoms with Gasteiger partial charge in [-0.3, -0.25) is 9.69 Å². The second kappa shape index (κ2) is 8.07. The van der Waals surface area contributed by atoms with E-state index < -0.39 is 0 Å². The van der Waals surface area contributed by atoms with Gasteiger partial charge in [0.15, 0.2) is 0 Å². The zero-order chi connectivity index (χ0) is 17.4. The number of likely N-dealkylation sites (tertiary alicyclic amines) is 1. The van der Waals surface area contributed by atoms with Crippen molar-refractivity contribution in [3.8, 4) is 0 Å². The molecule has 0 bridgehead atoms. The molecule has 3 aliphatic carbocycles. The van der Waals surface area contributed by atoms with Gasteiger partial charge >= 0.3 is 0 Å². The van der Waals surface area contributed by atoms with E-state index in [1.807, 2.05) is 0 Å². The molecule has 4 fully saturated rings. The Bertz CT molecular complexity index is 485. The second-order valence-electron chi connectivity index (χ2n) is 9.14. The van der Waals surface area contributed by atoms with Crippen LogP contribution in [0.15, 0.2) is 0 Å². The molecule has 0 aromatic carbocycles. The number of rotatable bonds is 3. The Labute approximate surface area is 163 Å². The number of ketones is 1. The summed E-state index contributed by atoms with van der Waals surface area (Å²) >= 11 is 12.6. The van der Waals surface area contributed by atoms with Crippen LogP contribution in [0.2, 0.25) is 0 Å². The molecule has 7 unspecified atom stereocenters. The molecule has 2 nitrogen and oxygen atoms in total. The van der Waals surface area contributed by atoms with E-state index >= 15 is 0 Å². The Morgan fingerprint density at radius 2 is 1.64 bits per heavy atom. The molecule has 7 atom stereocenters. The van der Waals surface area contributed by atoms with Crippen molar-refractivity contribution < 1.29 is 4.79 Å². The minimum Gasteiger partial charge on any atom is -0.298 e. The summed E-state index contributed by atoms with van der Waals surface area (Å²) in [6.07, 6.45) is 13.8. The Morgan fingerprint density at radius 1 is 0.840 bits per heavy atom. The van der Waals surface area contributed by atoms with Crippen LogP contribution in [0.4, 0.5) is 0 Å². The van der Waals surface area contributed by atoms with E-state index in [0.29, 0.717) is 18.4 Å². The number of halogens is 2. The lowest BCUT2D eigenvalue weighted by molar-refractivity contribution is -0.127. The molecule has 0 amide bonds. The topological polar surface area (TPSA) is 20.3 Å². The molecule has 25 heavy (non-hydrogen) atoms. The van der Waals surface area contributed by atoms with Gasteiger partial charge < -0.3 is 0 Å². The van der Waals surface area contributed by atoms with E-state index in [9.17, 15) is 4.79 Å². The van der Waals surface area contributed by atoms with Crippen LogP contribution in [0.25, 0.3) is 0 Å². The van der Waals surface area contributed by atoms with Crippen molar-refractivity contribution in [1.29, 1.82) is 0 Å².